The minimum Gasteiger partial charge on any atom is -0.488 e. The van der Waals surface area contributed by atoms with Gasteiger partial charge in [0.2, 0.25) is 5.91 Å². The summed E-state index contributed by atoms with van der Waals surface area (Å²) in [6.45, 7) is 5.09. The predicted octanol–water partition coefficient (Wildman–Crippen LogP) is 4.66. The van der Waals surface area contributed by atoms with E-state index in [0.29, 0.717) is 53.6 Å². The van der Waals surface area contributed by atoms with Crippen molar-refractivity contribution in [2.75, 3.05) is 42.5 Å². The molecule has 254 valence electrons. The maximum atomic E-state index is 13.6. The molecule has 0 saturated carbocycles. The number of sulfonamides is 1. The molecule has 0 aliphatic carbocycles. The molecule has 13 heteroatoms. The van der Waals surface area contributed by atoms with Gasteiger partial charge in [-0.1, -0.05) is 37.3 Å². The Bertz CT molecular complexity index is 1830. The second-order valence-corrected chi connectivity index (χ2v) is 15.0. The second-order valence-electron chi connectivity index (χ2n) is 12.2. The summed E-state index contributed by atoms with van der Waals surface area (Å²) in [5, 5.41) is 14.5. The number of hydrogen-bond donors (Lipinski definition) is 4. The number of thiophene rings is 1. The number of rotatable bonds is 11. The van der Waals surface area contributed by atoms with Crippen LogP contribution in [0.25, 0.3) is 0 Å². The Labute approximate surface area is 285 Å². The van der Waals surface area contributed by atoms with Crippen molar-refractivity contribution in [2.45, 2.75) is 43.2 Å². The van der Waals surface area contributed by atoms with Gasteiger partial charge in [-0.3, -0.25) is 19.2 Å². The number of nitrogen functional groups attached to an aromatic ring is 1. The van der Waals surface area contributed by atoms with Crippen molar-refractivity contribution < 1.29 is 27.9 Å². The molecule has 1 aliphatic rings. The van der Waals surface area contributed by atoms with E-state index >= 15 is 0 Å². The second kappa shape index (κ2) is 15.2. The van der Waals surface area contributed by atoms with Crippen LogP contribution in [-0.4, -0.2) is 74.0 Å². The Balaban J connectivity index is 1.32. The number of nitrogens with two attached hydrogens (primary N) is 1. The zero-order valence-corrected chi connectivity index (χ0v) is 28.8. The summed E-state index contributed by atoms with van der Waals surface area (Å²) in [6.07, 6.45) is -0.358. The molecule has 0 spiro atoms. The molecule has 0 bridgehead atoms. The fourth-order valence-corrected chi connectivity index (χ4v) is 7.63. The van der Waals surface area contributed by atoms with E-state index in [0.717, 1.165) is 16.9 Å². The molecule has 1 aromatic heterocycles. The molecule has 0 fully saturated rings. The first-order valence-electron chi connectivity index (χ1n) is 15.6. The first kappa shape index (κ1) is 34.9. The average Bonchev–Trinajstić information content (AvgIpc) is 3.62. The molecule has 11 nitrogen and oxygen atoms in total. The van der Waals surface area contributed by atoms with E-state index in [1.165, 1.54) is 6.07 Å². The fourth-order valence-electron chi connectivity index (χ4n) is 5.58. The van der Waals surface area contributed by atoms with Crippen molar-refractivity contribution >= 4 is 50.2 Å². The van der Waals surface area contributed by atoms with E-state index in [1.807, 2.05) is 32.2 Å². The zero-order valence-electron chi connectivity index (χ0n) is 27.1. The van der Waals surface area contributed by atoms with Crippen LogP contribution in [0.5, 0.6) is 5.75 Å². The summed E-state index contributed by atoms with van der Waals surface area (Å²) in [5.41, 5.74) is 9.39. The van der Waals surface area contributed by atoms with Crippen LogP contribution in [0.2, 0.25) is 0 Å². The number of amides is 2. The molecule has 5 N–H and O–H groups in total. The number of nitrogens with zero attached hydrogens (tertiary/aromatic N) is 2. The van der Waals surface area contributed by atoms with Crippen LogP contribution in [0, 0.1) is 5.92 Å². The van der Waals surface area contributed by atoms with Gasteiger partial charge in [-0.2, -0.15) is 0 Å². The third-order valence-corrected chi connectivity index (χ3v) is 11.1. The van der Waals surface area contributed by atoms with Gasteiger partial charge in [-0.05, 0) is 73.4 Å². The maximum absolute atomic E-state index is 13.6. The van der Waals surface area contributed by atoms with Gasteiger partial charge in [-0.25, -0.2) is 8.42 Å². The summed E-state index contributed by atoms with van der Waals surface area (Å²) in [5.74, 6) is -0.0389. The number of aliphatic hydroxyl groups is 1. The normalized spacial score (nSPS) is 17.4. The molecule has 0 radical (unpaired) electrons. The van der Waals surface area contributed by atoms with E-state index in [1.54, 1.807) is 71.8 Å². The maximum Gasteiger partial charge on any atom is 0.271 e. The van der Waals surface area contributed by atoms with Crippen molar-refractivity contribution in [3.63, 3.8) is 0 Å². The molecule has 2 amide bonds. The number of ether oxygens (including phenoxy) is 1. The standard InChI is InChI=1S/C35H41N5O6S2/c1-23-19-40(24(2)22-41)33(42)18-27-17-28(38-48(44,45)34-9-6-16-47-34)14-15-31(27)46-32(23)21-39(3)20-25-10-12-26(13-11-25)35(43)37-30-8-5-4-7-29(30)36/h4-17,23-24,32,38,41H,18-22,36H2,1-3H3,(H,37,43)/t23-,24-,32+/m0/s1. The number of likely N-dealkylation sites (N-methyl/N-ethyl adjacent to an activating group) is 1. The van der Waals surface area contributed by atoms with E-state index in [4.69, 9.17) is 10.5 Å². The Morgan fingerprint density at radius 3 is 2.56 bits per heavy atom. The molecule has 3 atom stereocenters. The lowest BCUT2D eigenvalue weighted by atomic mass is 10.0. The number of aliphatic hydroxyl groups excluding tert-OH is 1. The highest BCUT2D eigenvalue weighted by molar-refractivity contribution is 7.94. The van der Waals surface area contributed by atoms with E-state index < -0.39 is 16.1 Å². The van der Waals surface area contributed by atoms with Crippen molar-refractivity contribution in [3.05, 3.63) is 101 Å². The highest BCUT2D eigenvalue weighted by Gasteiger charge is 2.31. The highest BCUT2D eigenvalue weighted by atomic mass is 32.2. The van der Waals surface area contributed by atoms with Crippen LogP contribution in [0.15, 0.2) is 88.5 Å². The van der Waals surface area contributed by atoms with E-state index in [2.05, 4.69) is 14.9 Å². The number of fused-ring (bicyclic) bond motifs is 1. The molecular weight excluding hydrogens is 651 g/mol. The molecule has 5 rings (SSSR count). The first-order chi connectivity index (χ1) is 22.9. The zero-order chi connectivity index (χ0) is 34.4. The molecule has 3 aromatic carbocycles. The van der Waals surface area contributed by atoms with Crippen molar-refractivity contribution in [1.82, 2.24) is 9.80 Å². The SMILES string of the molecule is C[C@H]1CN([C@@H](C)CO)C(=O)Cc2cc(NS(=O)(=O)c3cccs3)ccc2O[C@@H]1CN(C)Cc1ccc(C(=O)Nc2ccccc2N)cc1. The number of benzene rings is 3. The number of hydrogen-bond acceptors (Lipinski definition) is 9. The van der Waals surface area contributed by atoms with Crippen LogP contribution in [-0.2, 0) is 27.8 Å². The van der Waals surface area contributed by atoms with Gasteiger partial charge < -0.3 is 25.8 Å². The monoisotopic (exact) mass is 691 g/mol. The Kier molecular flexibility index (Phi) is 11.0. The smallest absolute Gasteiger partial charge is 0.271 e. The molecule has 1 aliphatic heterocycles. The van der Waals surface area contributed by atoms with Gasteiger partial charge in [0.25, 0.3) is 15.9 Å². The minimum absolute atomic E-state index is 0.0136. The lowest BCUT2D eigenvalue weighted by molar-refractivity contribution is -0.134. The molecule has 0 unspecified atom stereocenters. The van der Waals surface area contributed by atoms with E-state index in [-0.39, 0.29) is 41.1 Å². The summed E-state index contributed by atoms with van der Waals surface area (Å²) < 4.78 is 35.2. The largest absolute Gasteiger partial charge is 0.488 e. The lowest BCUT2D eigenvalue weighted by Gasteiger charge is -2.34. The summed E-state index contributed by atoms with van der Waals surface area (Å²) in [7, 11) is -1.81. The number of para-hydroxylation sites is 2. The third kappa shape index (κ3) is 8.53. The number of carbonyl (C=O) groups is 2. The number of carbonyl (C=O) groups excluding carboxylic acids is 2. The van der Waals surface area contributed by atoms with Crippen molar-refractivity contribution in [1.29, 1.82) is 0 Å². The van der Waals surface area contributed by atoms with Gasteiger partial charge in [0.15, 0.2) is 0 Å². The van der Waals surface area contributed by atoms with Crippen LogP contribution in [0.3, 0.4) is 0 Å². The Hall–Kier alpha value is -4.43. The van der Waals surface area contributed by atoms with Gasteiger partial charge in [0.1, 0.15) is 16.1 Å². The predicted molar refractivity (Wildman–Crippen MR) is 189 cm³/mol. The average molecular weight is 692 g/mol. The number of nitrogens with one attached hydrogen (secondary N) is 2. The Morgan fingerprint density at radius 2 is 1.88 bits per heavy atom. The third-order valence-electron chi connectivity index (χ3n) is 8.30. The highest BCUT2D eigenvalue weighted by Crippen LogP contribution is 2.31. The lowest BCUT2D eigenvalue weighted by Crippen LogP contribution is -2.47. The molecule has 4 aromatic rings. The molecule has 48 heavy (non-hydrogen) atoms. The van der Waals surface area contributed by atoms with E-state index in [9.17, 15) is 23.1 Å². The molecule has 0 saturated heterocycles. The summed E-state index contributed by atoms with van der Waals surface area (Å²) in [6, 6.07) is 22.2. The Morgan fingerprint density at radius 1 is 1.12 bits per heavy atom. The van der Waals surface area contributed by atoms with Crippen molar-refractivity contribution in [3.8, 4) is 5.75 Å². The van der Waals surface area contributed by atoms with Gasteiger partial charge >= 0.3 is 0 Å². The topological polar surface area (TPSA) is 154 Å². The minimum atomic E-state index is -3.79. The van der Waals surface area contributed by atoms with Gasteiger partial charge in [0, 0.05) is 42.4 Å². The van der Waals surface area contributed by atoms with Crippen LogP contribution in [0.1, 0.15) is 35.3 Å². The fraction of sp³-hybridized carbons (Fsp3) is 0.314. The van der Waals surface area contributed by atoms with Crippen molar-refractivity contribution in [2.24, 2.45) is 5.92 Å². The summed E-state index contributed by atoms with van der Waals surface area (Å²) in [4.78, 5) is 30.1. The quantitative estimate of drug-likeness (QED) is 0.166. The molecular formula is C35H41N5O6S2. The van der Waals surface area contributed by atoms with Gasteiger partial charge in [0.05, 0.1) is 30.4 Å². The van der Waals surface area contributed by atoms with Crippen LogP contribution < -0.4 is 20.5 Å². The van der Waals surface area contributed by atoms with Crippen LogP contribution in [0.4, 0.5) is 17.1 Å². The molecule has 2 heterocycles. The summed E-state index contributed by atoms with van der Waals surface area (Å²) >= 11 is 1.12. The van der Waals surface area contributed by atoms with Gasteiger partial charge in [-0.15, -0.1) is 11.3 Å². The first-order valence-corrected chi connectivity index (χ1v) is 18.0. The number of anilines is 3. The van der Waals surface area contributed by atoms with Crippen LogP contribution >= 0.6 is 11.3 Å².